The number of carbonyl (C=O) groups excluding carboxylic acids is 1. The van der Waals surface area contributed by atoms with Crippen LogP contribution in [0.5, 0.6) is 0 Å². The molecule has 0 bridgehead atoms. The van der Waals surface area contributed by atoms with Gasteiger partial charge in [0.2, 0.25) is 0 Å². The second-order valence-electron chi connectivity index (χ2n) is 6.76. The highest BCUT2D eigenvalue weighted by atomic mass is 32.2. The van der Waals surface area contributed by atoms with Gasteiger partial charge in [-0.1, -0.05) is 29.8 Å². The smallest absolute Gasteiger partial charge is 0.274 e. The predicted octanol–water partition coefficient (Wildman–Crippen LogP) is 2.70. The number of rotatable bonds is 5. The Morgan fingerprint density at radius 2 is 1.88 bits per heavy atom. The first-order chi connectivity index (χ1) is 12.3. The Morgan fingerprint density at radius 1 is 1.23 bits per heavy atom. The molecule has 0 N–H and O–H groups in total. The van der Waals surface area contributed by atoms with Gasteiger partial charge in [-0.05, 0) is 38.8 Å². The van der Waals surface area contributed by atoms with E-state index in [0.29, 0.717) is 25.2 Å². The summed E-state index contributed by atoms with van der Waals surface area (Å²) >= 11 is 0. The first-order valence-electron chi connectivity index (χ1n) is 9.01. The number of hydrogen-bond acceptors (Lipinski definition) is 4. The predicted molar refractivity (Wildman–Crippen MR) is 102 cm³/mol. The van der Waals surface area contributed by atoms with Gasteiger partial charge in [0.15, 0.2) is 15.5 Å². The van der Waals surface area contributed by atoms with Crippen LogP contribution in [0.4, 0.5) is 0 Å². The normalized spacial score (nSPS) is 18.8. The standard InChI is InChI=1S/C19H25N3O3S/c1-4-21(5-2)19(23)17-12-18(15-8-6-14(3)7-9-15)22(20-17)16-10-11-26(24,25)13-16/h6-9,12,16H,4-5,10-11,13H2,1-3H3. The van der Waals surface area contributed by atoms with Crippen LogP contribution in [-0.2, 0) is 9.84 Å². The molecule has 1 saturated heterocycles. The van der Waals surface area contributed by atoms with Crippen LogP contribution in [0.15, 0.2) is 30.3 Å². The summed E-state index contributed by atoms with van der Waals surface area (Å²) in [5, 5.41) is 4.53. The van der Waals surface area contributed by atoms with Gasteiger partial charge in [0.05, 0.1) is 23.2 Å². The van der Waals surface area contributed by atoms with E-state index in [0.717, 1.165) is 16.8 Å². The number of amides is 1. The lowest BCUT2D eigenvalue weighted by atomic mass is 10.1. The molecule has 0 saturated carbocycles. The number of nitrogens with zero attached hydrogens (tertiary/aromatic N) is 3. The fraction of sp³-hybridized carbons (Fsp3) is 0.474. The molecule has 1 aromatic carbocycles. The molecule has 7 heteroatoms. The van der Waals surface area contributed by atoms with Crippen molar-refractivity contribution in [3.8, 4) is 11.3 Å². The third-order valence-electron chi connectivity index (χ3n) is 4.91. The van der Waals surface area contributed by atoms with Crippen LogP contribution in [0.3, 0.4) is 0 Å². The Bertz CT molecular complexity index is 897. The number of benzene rings is 1. The van der Waals surface area contributed by atoms with Crippen LogP contribution in [0.25, 0.3) is 11.3 Å². The average molecular weight is 375 g/mol. The summed E-state index contributed by atoms with van der Waals surface area (Å²) < 4.78 is 25.6. The molecule has 0 radical (unpaired) electrons. The Balaban J connectivity index is 2.06. The van der Waals surface area contributed by atoms with Gasteiger partial charge in [-0.2, -0.15) is 5.10 Å². The molecule has 1 amide bonds. The van der Waals surface area contributed by atoms with Crippen molar-refractivity contribution in [3.05, 3.63) is 41.6 Å². The van der Waals surface area contributed by atoms with Crippen molar-refractivity contribution in [3.63, 3.8) is 0 Å². The molecule has 140 valence electrons. The van der Waals surface area contributed by atoms with E-state index < -0.39 is 9.84 Å². The number of hydrogen-bond donors (Lipinski definition) is 0. The minimum absolute atomic E-state index is 0.0758. The van der Waals surface area contributed by atoms with Gasteiger partial charge < -0.3 is 4.90 Å². The van der Waals surface area contributed by atoms with E-state index in [1.54, 1.807) is 15.6 Å². The average Bonchev–Trinajstić information content (AvgIpc) is 3.20. The summed E-state index contributed by atoms with van der Waals surface area (Å²) in [5.41, 5.74) is 3.24. The van der Waals surface area contributed by atoms with E-state index in [1.165, 1.54) is 0 Å². The summed E-state index contributed by atoms with van der Waals surface area (Å²) in [4.78, 5) is 14.5. The summed E-state index contributed by atoms with van der Waals surface area (Å²) in [5.74, 6) is 0.124. The van der Waals surface area contributed by atoms with Crippen molar-refractivity contribution >= 4 is 15.7 Å². The number of aromatic nitrogens is 2. The van der Waals surface area contributed by atoms with Crippen molar-refractivity contribution in [1.82, 2.24) is 14.7 Å². The lowest BCUT2D eigenvalue weighted by molar-refractivity contribution is 0.0766. The highest BCUT2D eigenvalue weighted by Gasteiger charge is 2.32. The number of carbonyl (C=O) groups is 1. The fourth-order valence-corrected chi connectivity index (χ4v) is 5.05. The van der Waals surface area contributed by atoms with Crippen molar-refractivity contribution in [2.75, 3.05) is 24.6 Å². The third kappa shape index (κ3) is 3.67. The molecule has 2 heterocycles. The summed E-state index contributed by atoms with van der Waals surface area (Å²) in [6.45, 7) is 7.10. The fourth-order valence-electron chi connectivity index (χ4n) is 3.36. The molecule has 1 aromatic heterocycles. The zero-order chi connectivity index (χ0) is 18.9. The summed E-state index contributed by atoms with van der Waals surface area (Å²) in [6.07, 6.45) is 0.530. The van der Waals surface area contributed by atoms with E-state index in [1.807, 2.05) is 45.0 Å². The number of sulfone groups is 1. The van der Waals surface area contributed by atoms with E-state index >= 15 is 0 Å². The van der Waals surface area contributed by atoms with Crippen molar-refractivity contribution < 1.29 is 13.2 Å². The van der Waals surface area contributed by atoms with Gasteiger partial charge in [-0.3, -0.25) is 9.48 Å². The minimum atomic E-state index is -3.04. The topological polar surface area (TPSA) is 72.3 Å². The van der Waals surface area contributed by atoms with Gasteiger partial charge >= 0.3 is 0 Å². The van der Waals surface area contributed by atoms with Gasteiger partial charge in [-0.25, -0.2) is 8.42 Å². The SMILES string of the molecule is CCN(CC)C(=O)c1cc(-c2ccc(C)cc2)n(C2CCS(=O)(=O)C2)n1. The molecule has 1 unspecified atom stereocenters. The van der Waals surface area contributed by atoms with Crippen LogP contribution in [0, 0.1) is 6.92 Å². The first kappa shape index (κ1) is 18.6. The van der Waals surface area contributed by atoms with Crippen LogP contribution in [0.2, 0.25) is 0 Å². The van der Waals surface area contributed by atoms with Gasteiger partial charge in [-0.15, -0.1) is 0 Å². The first-order valence-corrected chi connectivity index (χ1v) is 10.8. The zero-order valence-corrected chi connectivity index (χ0v) is 16.3. The quantitative estimate of drug-likeness (QED) is 0.805. The van der Waals surface area contributed by atoms with Crippen molar-refractivity contribution in [2.24, 2.45) is 0 Å². The molecule has 3 rings (SSSR count). The number of aryl methyl sites for hydroxylation is 1. The molecule has 0 spiro atoms. The molecule has 2 aromatic rings. The molecular formula is C19H25N3O3S. The molecule has 1 aliphatic rings. The molecular weight excluding hydrogens is 350 g/mol. The maximum Gasteiger partial charge on any atom is 0.274 e. The maximum absolute atomic E-state index is 12.7. The molecule has 1 fully saturated rings. The van der Waals surface area contributed by atoms with Crippen molar-refractivity contribution in [2.45, 2.75) is 33.2 Å². The minimum Gasteiger partial charge on any atom is -0.338 e. The monoisotopic (exact) mass is 375 g/mol. The Morgan fingerprint density at radius 3 is 2.42 bits per heavy atom. The second-order valence-corrected chi connectivity index (χ2v) is 8.99. The Hall–Kier alpha value is -2.15. The van der Waals surface area contributed by atoms with Crippen LogP contribution in [0.1, 0.15) is 42.4 Å². The Labute approximate surface area is 154 Å². The lowest BCUT2D eigenvalue weighted by Gasteiger charge is -2.17. The highest BCUT2D eigenvalue weighted by Crippen LogP contribution is 2.30. The maximum atomic E-state index is 12.7. The summed E-state index contributed by atoms with van der Waals surface area (Å²) in [7, 11) is -3.04. The molecule has 26 heavy (non-hydrogen) atoms. The Kier molecular flexibility index (Phi) is 5.18. The van der Waals surface area contributed by atoms with E-state index in [4.69, 9.17) is 0 Å². The van der Waals surface area contributed by atoms with Gasteiger partial charge in [0.25, 0.3) is 5.91 Å². The molecule has 0 aliphatic carbocycles. The zero-order valence-electron chi connectivity index (χ0n) is 15.5. The lowest BCUT2D eigenvalue weighted by Crippen LogP contribution is -2.31. The van der Waals surface area contributed by atoms with E-state index in [9.17, 15) is 13.2 Å². The van der Waals surface area contributed by atoms with E-state index in [-0.39, 0.29) is 23.5 Å². The largest absolute Gasteiger partial charge is 0.338 e. The third-order valence-corrected chi connectivity index (χ3v) is 6.66. The molecule has 1 atom stereocenters. The van der Waals surface area contributed by atoms with Crippen molar-refractivity contribution in [1.29, 1.82) is 0 Å². The second kappa shape index (κ2) is 7.23. The van der Waals surface area contributed by atoms with Gasteiger partial charge in [0, 0.05) is 13.1 Å². The summed E-state index contributed by atoms with van der Waals surface area (Å²) in [6, 6.07) is 9.54. The van der Waals surface area contributed by atoms with Crippen LogP contribution < -0.4 is 0 Å². The molecule has 1 aliphatic heterocycles. The van der Waals surface area contributed by atoms with Crippen LogP contribution in [-0.4, -0.2) is 53.6 Å². The van der Waals surface area contributed by atoms with Gasteiger partial charge in [0.1, 0.15) is 0 Å². The molecule has 6 nitrogen and oxygen atoms in total. The highest BCUT2D eigenvalue weighted by molar-refractivity contribution is 7.91. The van der Waals surface area contributed by atoms with E-state index in [2.05, 4.69) is 5.10 Å². The van der Waals surface area contributed by atoms with Crippen LogP contribution >= 0.6 is 0 Å².